The Labute approximate surface area is 694 Å². The number of furan rings is 2. The summed E-state index contributed by atoms with van der Waals surface area (Å²) in [5, 5.41) is 16.3. The van der Waals surface area contributed by atoms with Crippen molar-refractivity contribution in [1.82, 2.24) is 0 Å². The van der Waals surface area contributed by atoms with Crippen molar-refractivity contribution in [2.75, 3.05) is 9.80 Å². The van der Waals surface area contributed by atoms with E-state index in [0.717, 1.165) is 161 Å². The molecule has 0 saturated heterocycles. The fourth-order valence-corrected chi connectivity index (χ4v) is 18.8. The fraction of sp³-hybridized carbons (Fsp3) is 0. The van der Waals surface area contributed by atoms with Crippen LogP contribution in [0.1, 0.15) is 0 Å². The molecule has 2 aromatic heterocycles. The van der Waals surface area contributed by atoms with Crippen LogP contribution in [-0.2, 0) is 0 Å². The number of benzene rings is 21. The minimum atomic E-state index is 0.839. The predicted octanol–water partition coefficient (Wildman–Crippen LogP) is 33.2. The molecule has 0 atom stereocenters. The normalized spacial score (nSPS) is 11.7. The standard InChI is InChI=1S/C116H74N2O2/c1-3-24-75(25-4-1)77-58-64-88(65-59-77)117(108-47-17-15-35-95(108)82-54-56-83(57-55-82)96-43-23-49-110-114(96)107-73-85-29-7-8-30-86(85)74-111(107)119-110)89-66-60-78(61-67-89)76-50-52-80(53-51-76)94-42-21-44-103-99(94)70-71-106-105-46-22-45-104(116(105)120-115(103)106)100-38-16-18-48-109(100)118(90-68-62-81(63-69-90)93-41-20-31-79-26-9-10-34-92(79)93)91-33-19-32-87(72-91)113-102-40-14-12-37-98(102)97-36-11-13-39-101(97)112(113)84-27-5-2-6-28-84/h1-74H. The van der Waals surface area contributed by atoms with Crippen molar-refractivity contribution in [2.45, 2.75) is 0 Å². The predicted molar refractivity (Wildman–Crippen MR) is 507 cm³/mol. The van der Waals surface area contributed by atoms with Gasteiger partial charge < -0.3 is 18.6 Å². The van der Waals surface area contributed by atoms with E-state index in [1.807, 2.05) is 0 Å². The van der Waals surface area contributed by atoms with Gasteiger partial charge in [0, 0.05) is 66.4 Å². The number of hydrogen-bond acceptors (Lipinski definition) is 4. The van der Waals surface area contributed by atoms with Gasteiger partial charge in [-0.25, -0.2) is 0 Å². The second-order valence-corrected chi connectivity index (χ2v) is 31.3. The third-order valence-corrected chi connectivity index (χ3v) is 24.5. The van der Waals surface area contributed by atoms with Crippen LogP contribution in [0.25, 0.3) is 198 Å². The monoisotopic (exact) mass is 1530 g/mol. The topological polar surface area (TPSA) is 32.8 Å². The van der Waals surface area contributed by atoms with Crippen molar-refractivity contribution in [1.29, 1.82) is 0 Å². The van der Waals surface area contributed by atoms with Crippen molar-refractivity contribution in [2.24, 2.45) is 0 Å². The van der Waals surface area contributed by atoms with Gasteiger partial charge in [-0.15, -0.1) is 0 Å². The van der Waals surface area contributed by atoms with Crippen molar-refractivity contribution in [3.63, 3.8) is 0 Å². The molecule has 0 unspecified atom stereocenters. The van der Waals surface area contributed by atoms with Gasteiger partial charge in [-0.3, -0.25) is 0 Å². The van der Waals surface area contributed by atoms with E-state index in [1.165, 1.54) is 70.9 Å². The Bertz CT molecular complexity index is 7920. The van der Waals surface area contributed by atoms with Crippen molar-refractivity contribution in [3.8, 4) is 100 Å². The second kappa shape index (κ2) is 29.1. The molecular formula is C116H74N2O2. The summed E-state index contributed by atoms with van der Waals surface area (Å²) in [7, 11) is 0. The molecule has 4 nitrogen and oxygen atoms in total. The summed E-state index contributed by atoms with van der Waals surface area (Å²) in [4.78, 5) is 4.83. The molecule has 0 aliphatic heterocycles. The second-order valence-electron chi connectivity index (χ2n) is 31.3. The van der Waals surface area contributed by atoms with E-state index in [9.17, 15) is 0 Å². The molecule has 0 spiro atoms. The molecule has 0 aliphatic rings. The zero-order valence-electron chi connectivity index (χ0n) is 65.4. The number of nitrogens with zero attached hydrogens (tertiary/aromatic N) is 2. The molecule has 0 N–H and O–H groups in total. The van der Waals surface area contributed by atoms with Gasteiger partial charge in [0.2, 0.25) is 0 Å². The first-order valence-corrected chi connectivity index (χ1v) is 41.2. The number of para-hydroxylation sites is 3. The van der Waals surface area contributed by atoms with Gasteiger partial charge in [-0.05, 0) is 217 Å². The molecule has 23 rings (SSSR count). The third-order valence-electron chi connectivity index (χ3n) is 24.5. The lowest BCUT2D eigenvalue weighted by Crippen LogP contribution is -2.11. The Balaban J connectivity index is 0.587. The van der Waals surface area contributed by atoms with Crippen molar-refractivity contribution < 1.29 is 8.83 Å². The molecule has 560 valence electrons. The van der Waals surface area contributed by atoms with E-state index < -0.39 is 0 Å². The van der Waals surface area contributed by atoms with Crippen LogP contribution < -0.4 is 9.80 Å². The molecule has 21 aromatic carbocycles. The molecule has 0 bridgehead atoms. The Morgan fingerprint density at radius 1 is 0.158 bits per heavy atom. The largest absolute Gasteiger partial charge is 0.456 e. The molecule has 0 fully saturated rings. The highest BCUT2D eigenvalue weighted by Gasteiger charge is 2.26. The lowest BCUT2D eigenvalue weighted by atomic mass is 9.85. The van der Waals surface area contributed by atoms with Gasteiger partial charge in [0.15, 0.2) is 0 Å². The van der Waals surface area contributed by atoms with Crippen LogP contribution in [-0.4, -0.2) is 0 Å². The molecule has 120 heavy (non-hydrogen) atoms. The molecule has 0 radical (unpaired) electrons. The number of anilines is 6. The van der Waals surface area contributed by atoms with Crippen LogP contribution in [0.2, 0.25) is 0 Å². The first kappa shape index (κ1) is 69.6. The maximum Gasteiger partial charge on any atom is 0.143 e. The van der Waals surface area contributed by atoms with Gasteiger partial charge in [0.05, 0.1) is 11.4 Å². The van der Waals surface area contributed by atoms with E-state index in [2.05, 4.69) is 459 Å². The van der Waals surface area contributed by atoms with E-state index in [0.29, 0.717) is 0 Å². The zero-order valence-corrected chi connectivity index (χ0v) is 65.4. The maximum atomic E-state index is 7.43. The molecule has 2 heterocycles. The molecule has 0 aliphatic carbocycles. The van der Waals surface area contributed by atoms with Gasteiger partial charge in [0.1, 0.15) is 22.3 Å². The smallest absolute Gasteiger partial charge is 0.143 e. The summed E-state index contributed by atoms with van der Waals surface area (Å²) in [6.45, 7) is 0. The van der Waals surface area contributed by atoms with Crippen LogP contribution in [0.15, 0.2) is 458 Å². The third kappa shape index (κ3) is 12.0. The summed E-state index contributed by atoms with van der Waals surface area (Å²) in [5.41, 5.74) is 30.3. The average molecular weight is 1530 g/mol. The van der Waals surface area contributed by atoms with Crippen LogP contribution in [0.3, 0.4) is 0 Å². The van der Waals surface area contributed by atoms with Gasteiger partial charge in [-0.1, -0.05) is 364 Å². The fourth-order valence-electron chi connectivity index (χ4n) is 18.8. The molecule has 0 saturated carbocycles. The highest BCUT2D eigenvalue weighted by atomic mass is 16.3. The molecule has 4 heteroatoms. The maximum absolute atomic E-state index is 7.43. The van der Waals surface area contributed by atoms with Crippen LogP contribution in [0.5, 0.6) is 0 Å². The quantitative estimate of drug-likeness (QED) is 0.0958. The minimum Gasteiger partial charge on any atom is -0.456 e. The Morgan fingerprint density at radius 3 is 1.18 bits per heavy atom. The summed E-state index contributed by atoms with van der Waals surface area (Å²) in [5.74, 6) is 0. The van der Waals surface area contributed by atoms with E-state index in [1.54, 1.807) is 0 Å². The van der Waals surface area contributed by atoms with Gasteiger partial charge in [0.25, 0.3) is 0 Å². The van der Waals surface area contributed by atoms with Crippen molar-refractivity contribution in [3.05, 3.63) is 449 Å². The number of hydrogen-bond donors (Lipinski definition) is 0. The highest BCUT2D eigenvalue weighted by molar-refractivity contribution is 6.23. The van der Waals surface area contributed by atoms with Crippen molar-refractivity contribution >= 4 is 132 Å². The van der Waals surface area contributed by atoms with E-state index >= 15 is 0 Å². The average Bonchev–Trinajstić information content (AvgIpc) is 1.07. The molecular weight excluding hydrogens is 1450 g/mol. The van der Waals surface area contributed by atoms with Crippen LogP contribution in [0.4, 0.5) is 34.1 Å². The Kier molecular flexibility index (Phi) is 16.9. The lowest BCUT2D eigenvalue weighted by molar-refractivity contribution is 0.669. The Hall–Kier alpha value is -15.9. The summed E-state index contributed by atoms with van der Waals surface area (Å²) in [6.07, 6.45) is 0. The summed E-state index contributed by atoms with van der Waals surface area (Å²) >= 11 is 0. The summed E-state index contributed by atoms with van der Waals surface area (Å²) in [6, 6.07) is 164. The SMILES string of the molecule is c1ccc(-c2ccc(N(c3ccc(-c4ccc(-c5cccc6c5ccc5c7cccc(-c8ccccc8N(c8ccc(-c9cccc%10ccccc9%10)cc8)c8cccc(-c9c(-c%10ccccc%10)c%10ccccc%10c%10ccccc9%10)c8)c7oc65)cc4)cc3)c3ccccc3-c3ccc(-c4cccc5oc6cc7ccccc7cc6c45)cc3)cc2)cc1. The first-order valence-electron chi connectivity index (χ1n) is 41.2. The van der Waals surface area contributed by atoms with E-state index in [-0.39, 0.29) is 0 Å². The van der Waals surface area contributed by atoms with Crippen LogP contribution >= 0.6 is 0 Å². The summed E-state index contributed by atoms with van der Waals surface area (Å²) < 4.78 is 14.0. The number of rotatable bonds is 15. The Morgan fingerprint density at radius 2 is 0.533 bits per heavy atom. The zero-order chi connectivity index (χ0) is 79.1. The number of fused-ring (bicyclic) bond motifs is 13. The first-order chi connectivity index (χ1) is 59.5. The highest BCUT2D eigenvalue weighted by Crippen LogP contribution is 2.52. The van der Waals surface area contributed by atoms with Crippen LogP contribution in [0, 0.1) is 0 Å². The molecule has 23 aromatic rings. The molecule has 0 amide bonds. The minimum absolute atomic E-state index is 0.839. The van der Waals surface area contributed by atoms with E-state index in [4.69, 9.17) is 8.83 Å². The van der Waals surface area contributed by atoms with Gasteiger partial charge in [-0.2, -0.15) is 0 Å². The lowest BCUT2D eigenvalue weighted by Gasteiger charge is -2.29. The van der Waals surface area contributed by atoms with Gasteiger partial charge >= 0.3 is 0 Å².